The maximum atomic E-state index is 13.5. The molecular formula is C24H21F9N2O3. The average molecular weight is 556 g/mol. The van der Waals surface area contributed by atoms with Crippen molar-refractivity contribution in [2.24, 2.45) is 0 Å². The minimum Gasteiger partial charge on any atom is -0.449 e. The van der Waals surface area contributed by atoms with E-state index in [1.54, 1.807) is 0 Å². The van der Waals surface area contributed by atoms with Gasteiger partial charge in [0.15, 0.2) is 0 Å². The molecule has 208 valence electrons. The Morgan fingerprint density at radius 2 is 1.50 bits per heavy atom. The zero-order valence-electron chi connectivity index (χ0n) is 19.8. The van der Waals surface area contributed by atoms with E-state index in [1.807, 2.05) is 0 Å². The van der Waals surface area contributed by atoms with Gasteiger partial charge in [-0.15, -0.1) is 0 Å². The lowest BCUT2D eigenvalue weighted by atomic mass is 9.89. The van der Waals surface area contributed by atoms with Gasteiger partial charge in [-0.2, -0.15) is 39.5 Å². The second-order valence-electron chi connectivity index (χ2n) is 8.63. The van der Waals surface area contributed by atoms with Crippen LogP contribution in [0.4, 0.5) is 50.0 Å². The molecule has 0 saturated heterocycles. The van der Waals surface area contributed by atoms with Gasteiger partial charge < -0.3 is 9.64 Å². The van der Waals surface area contributed by atoms with Crippen molar-refractivity contribution < 1.29 is 53.8 Å². The summed E-state index contributed by atoms with van der Waals surface area (Å²) in [5.41, 5.74) is -5.05. The van der Waals surface area contributed by atoms with Crippen LogP contribution in [0.3, 0.4) is 0 Å². The van der Waals surface area contributed by atoms with Crippen molar-refractivity contribution in [2.45, 2.75) is 57.4 Å². The van der Waals surface area contributed by atoms with Gasteiger partial charge in [0, 0.05) is 12.6 Å². The van der Waals surface area contributed by atoms with Crippen molar-refractivity contribution in [3.05, 3.63) is 64.2 Å². The van der Waals surface area contributed by atoms with E-state index < -0.39 is 65.5 Å². The molecule has 0 radical (unpaired) electrons. The fraction of sp³-hybridized carbons (Fsp3) is 0.417. The number of alkyl halides is 9. The lowest BCUT2D eigenvalue weighted by Crippen LogP contribution is -2.46. The Labute approximate surface area is 210 Å². The van der Waals surface area contributed by atoms with Gasteiger partial charge in [-0.3, -0.25) is 9.69 Å². The highest BCUT2D eigenvalue weighted by Gasteiger charge is 2.41. The zero-order chi connectivity index (χ0) is 28.6. The van der Waals surface area contributed by atoms with Crippen LogP contribution in [-0.2, 0) is 34.6 Å². The number of rotatable bonds is 5. The molecule has 0 bridgehead atoms. The molecule has 2 atom stereocenters. The van der Waals surface area contributed by atoms with Gasteiger partial charge >= 0.3 is 24.6 Å². The highest BCUT2D eigenvalue weighted by molar-refractivity contribution is 5.90. The lowest BCUT2D eigenvalue weighted by molar-refractivity contribution is -0.143. The van der Waals surface area contributed by atoms with Crippen LogP contribution in [0.5, 0.6) is 0 Å². The Morgan fingerprint density at radius 1 is 0.947 bits per heavy atom. The summed E-state index contributed by atoms with van der Waals surface area (Å²) in [5, 5.41) is 0. The molecule has 0 saturated carbocycles. The second kappa shape index (κ2) is 10.4. The van der Waals surface area contributed by atoms with E-state index in [4.69, 9.17) is 4.74 Å². The van der Waals surface area contributed by atoms with Crippen LogP contribution < -0.4 is 4.90 Å². The van der Waals surface area contributed by atoms with Crippen molar-refractivity contribution in [1.29, 1.82) is 0 Å². The molecule has 0 aliphatic carbocycles. The first-order valence-corrected chi connectivity index (χ1v) is 11.1. The zero-order valence-corrected chi connectivity index (χ0v) is 19.8. The number of anilines is 1. The largest absolute Gasteiger partial charge is 0.449 e. The molecule has 14 heteroatoms. The monoisotopic (exact) mass is 556 g/mol. The molecule has 2 aromatic rings. The smallest absolute Gasteiger partial charge is 0.416 e. The Hall–Kier alpha value is -3.45. The molecule has 1 aliphatic heterocycles. The first-order chi connectivity index (χ1) is 17.5. The molecule has 0 aromatic heterocycles. The van der Waals surface area contributed by atoms with E-state index in [1.165, 1.54) is 13.8 Å². The number of amides is 2. The third kappa shape index (κ3) is 6.16. The molecule has 1 heterocycles. The minimum absolute atomic E-state index is 0.0351. The van der Waals surface area contributed by atoms with E-state index in [0.717, 1.165) is 15.9 Å². The number of ether oxygens (including phenoxy) is 1. The predicted octanol–water partition coefficient (Wildman–Crippen LogP) is 7.20. The highest BCUT2D eigenvalue weighted by atomic mass is 19.4. The normalized spacial score (nSPS) is 18.1. The lowest BCUT2D eigenvalue weighted by Gasteiger charge is -2.42. The molecule has 2 unspecified atom stereocenters. The minimum atomic E-state index is -5.13. The van der Waals surface area contributed by atoms with Crippen molar-refractivity contribution in [3.63, 3.8) is 0 Å². The Balaban J connectivity index is 2.12. The second-order valence-corrected chi connectivity index (χ2v) is 8.63. The van der Waals surface area contributed by atoms with E-state index in [-0.39, 0.29) is 36.8 Å². The summed E-state index contributed by atoms with van der Waals surface area (Å²) in [5.74, 6) is 0. The summed E-state index contributed by atoms with van der Waals surface area (Å²) in [6, 6.07) is 1.26. The highest BCUT2D eigenvalue weighted by Crippen LogP contribution is 2.44. The summed E-state index contributed by atoms with van der Waals surface area (Å²) in [6.07, 6.45) is -16.0. The number of nitrogens with zero attached hydrogens (tertiary/aromatic N) is 2. The number of halogens is 9. The topological polar surface area (TPSA) is 49.9 Å². The van der Waals surface area contributed by atoms with Gasteiger partial charge in [-0.25, -0.2) is 4.79 Å². The maximum absolute atomic E-state index is 13.5. The van der Waals surface area contributed by atoms with Gasteiger partial charge in [-0.05, 0) is 67.8 Å². The van der Waals surface area contributed by atoms with Crippen LogP contribution in [0.2, 0.25) is 0 Å². The standard InChI is InChI=1S/C24H21F9N2O3/c1-3-38-21(37)35-13(2)6-20(18-10-15(22(25,26)27)4-5-19(18)35)34(12-36)11-14-7-16(23(28,29)30)9-17(8-14)24(31,32)33/h4-5,7-10,12-13,20H,3,6,11H2,1-2H3. The molecule has 3 rings (SSSR count). The quantitative estimate of drug-likeness (QED) is 0.289. The van der Waals surface area contributed by atoms with Crippen LogP contribution >= 0.6 is 0 Å². The summed E-state index contributed by atoms with van der Waals surface area (Å²) in [6.45, 7) is 2.21. The van der Waals surface area contributed by atoms with Crippen molar-refractivity contribution >= 4 is 18.2 Å². The van der Waals surface area contributed by atoms with Crippen LogP contribution in [0, 0.1) is 0 Å². The fourth-order valence-electron chi connectivity index (χ4n) is 4.34. The fourth-order valence-corrected chi connectivity index (χ4v) is 4.34. The van der Waals surface area contributed by atoms with Gasteiger partial charge in [0.2, 0.25) is 6.41 Å². The molecule has 0 fully saturated rings. The molecule has 1 aliphatic rings. The third-order valence-corrected chi connectivity index (χ3v) is 5.99. The number of carbonyl (C=O) groups excluding carboxylic acids is 2. The SMILES string of the molecule is CCOC(=O)N1c2ccc(C(F)(F)F)cc2C(N(C=O)Cc2cc(C(F)(F)F)cc(C(F)(F)F)c2)CC1C. The van der Waals surface area contributed by atoms with E-state index >= 15 is 0 Å². The number of fused-ring (bicyclic) bond motifs is 1. The first kappa shape index (κ1) is 29.1. The molecular weight excluding hydrogens is 535 g/mol. The Kier molecular flexibility index (Phi) is 7.94. The van der Waals surface area contributed by atoms with Crippen molar-refractivity contribution in [3.8, 4) is 0 Å². The Morgan fingerprint density at radius 3 is 1.97 bits per heavy atom. The predicted molar refractivity (Wildman–Crippen MR) is 116 cm³/mol. The molecule has 0 N–H and O–H groups in total. The van der Waals surface area contributed by atoms with Gasteiger partial charge in [0.25, 0.3) is 0 Å². The van der Waals surface area contributed by atoms with Crippen LogP contribution in [0.25, 0.3) is 0 Å². The summed E-state index contributed by atoms with van der Waals surface area (Å²) in [4.78, 5) is 26.5. The van der Waals surface area contributed by atoms with E-state index in [2.05, 4.69) is 0 Å². The summed E-state index contributed by atoms with van der Waals surface area (Å²) < 4.78 is 125. The van der Waals surface area contributed by atoms with E-state index in [0.29, 0.717) is 24.3 Å². The summed E-state index contributed by atoms with van der Waals surface area (Å²) in [7, 11) is 0. The van der Waals surface area contributed by atoms with Gasteiger partial charge in [-0.1, -0.05) is 0 Å². The van der Waals surface area contributed by atoms with Crippen LogP contribution in [0.15, 0.2) is 36.4 Å². The third-order valence-electron chi connectivity index (χ3n) is 5.99. The van der Waals surface area contributed by atoms with Crippen molar-refractivity contribution in [2.75, 3.05) is 11.5 Å². The van der Waals surface area contributed by atoms with E-state index in [9.17, 15) is 49.1 Å². The van der Waals surface area contributed by atoms with Gasteiger partial charge in [0.1, 0.15) is 0 Å². The Bertz CT molecular complexity index is 1160. The molecule has 5 nitrogen and oxygen atoms in total. The number of hydrogen-bond acceptors (Lipinski definition) is 3. The molecule has 0 spiro atoms. The number of hydrogen-bond donors (Lipinski definition) is 0. The molecule has 2 aromatic carbocycles. The molecule has 38 heavy (non-hydrogen) atoms. The average Bonchev–Trinajstić information content (AvgIpc) is 2.80. The summed E-state index contributed by atoms with van der Waals surface area (Å²) >= 11 is 0. The van der Waals surface area contributed by atoms with Crippen molar-refractivity contribution in [1.82, 2.24) is 4.90 Å². The van der Waals surface area contributed by atoms with Crippen LogP contribution in [0.1, 0.15) is 54.1 Å². The van der Waals surface area contributed by atoms with Crippen LogP contribution in [-0.4, -0.2) is 30.1 Å². The number of carbonyl (C=O) groups is 2. The van der Waals surface area contributed by atoms with Gasteiger partial charge in [0.05, 0.1) is 35.0 Å². The maximum Gasteiger partial charge on any atom is 0.416 e. The molecule has 2 amide bonds. The number of benzene rings is 2. The first-order valence-electron chi connectivity index (χ1n) is 11.1.